The van der Waals surface area contributed by atoms with Gasteiger partial charge >= 0.3 is 0 Å². The molecule has 4 heteroatoms. The van der Waals surface area contributed by atoms with Gasteiger partial charge in [0.1, 0.15) is 5.75 Å². The fourth-order valence-electron chi connectivity index (χ4n) is 2.94. The van der Waals surface area contributed by atoms with E-state index in [9.17, 15) is 4.79 Å². The van der Waals surface area contributed by atoms with Crippen LogP contribution in [0.3, 0.4) is 0 Å². The molecule has 0 saturated heterocycles. The van der Waals surface area contributed by atoms with Crippen molar-refractivity contribution in [1.29, 1.82) is 0 Å². The van der Waals surface area contributed by atoms with Crippen LogP contribution in [0.15, 0.2) is 83.8 Å². The number of carbonyl (C=O) groups is 1. The lowest BCUT2D eigenvalue weighted by Gasteiger charge is -2.19. The van der Waals surface area contributed by atoms with E-state index in [4.69, 9.17) is 4.74 Å². The number of thioether (sulfide) groups is 1. The molecule has 0 radical (unpaired) electrons. The number of anilines is 1. The predicted molar refractivity (Wildman–Crippen MR) is 118 cm³/mol. The molecule has 3 rings (SSSR count). The molecule has 0 spiro atoms. The van der Waals surface area contributed by atoms with Crippen LogP contribution >= 0.6 is 11.8 Å². The summed E-state index contributed by atoms with van der Waals surface area (Å²) in [4.78, 5) is 16.0. The molecule has 0 fully saturated rings. The van der Waals surface area contributed by atoms with Gasteiger partial charge in [-0.25, -0.2) is 0 Å². The summed E-state index contributed by atoms with van der Waals surface area (Å²) < 4.78 is 5.25. The summed E-state index contributed by atoms with van der Waals surface area (Å²) in [5.41, 5.74) is 3.05. The van der Waals surface area contributed by atoms with Crippen LogP contribution in [0.2, 0.25) is 0 Å². The Balaban J connectivity index is 1.84. The minimum absolute atomic E-state index is 0.0392. The summed E-state index contributed by atoms with van der Waals surface area (Å²) in [6.07, 6.45) is 0.446. The van der Waals surface area contributed by atoms with Gasteiger partial charge in [-0.2, -0.15) is 0 Å². The molecule has 144 valence electrons. The summed E-state index contributed by atoms with van der Waals surface area (Å²) in [6, 6.07) is 25.9. The smallest absolute Gasteiger partial charge is 0.164 e. The van der Waals surface area contributed by atoms with Crippen molar-refractivity contribution in [2.24, 2.45) is 0 Å². The summed E-state index contributed by atoms with van der Waals surface area (Å²) in [5.74, 6) is 0.986. The third-order valence-corrected chi connectivity index (χ3v) is 5.85. The summed E-state index contributed by atoms with van der Waals surface area (Å²) in [7, 11) is 5.71. The molecular formula is C24H25NO2S. The van der Waals surface area contributed by atoms with E-state index >= 15 is 0 Å². The highest BCUT2D eigenvalue weighted by Crippen LogP contribution is 2.39. The highest BCUT2D eigenvalue weighted by atomic mass is 32.2. The van der Waals surface area contributed by atoms with E-state index in [-0.39, 0.29) is 11.0 Å². The van der Waals surface area contributed by atoms with E-state index in [1.54, 1.807) is 18.9 Å². The van der Waals surface area contributed by atoms with Gasteiger partial charge in [0.25, 0.3) is 0 Å². The first-order valence-electron chi connectivity index (χ1n) is 9.23. The lowest BCUT2D eigenvalue weighted by atomic mass is 10.0. The standard InChI is InChI=1S/C24H25NO2S/c1-25(2)20-11-9-19(10-12-20)24(17-23(26)18-7-5-4-6-8-18)28-22-15-13-21(27-3)14-16-22/h4-16,24H,17H2,1-3H3. The highest BCUT2D eigenvalue weighted by molar-refractivity contribution is 7.99. The third kappa shape index (κ3) is 5.17. The van der Waals surface area contributed by atoms with E-state index in [0.29, 0.717) is 6.42 Å². The number of hydrogen-bond donors (Lipinski definition) is 0. The number of carbonyl (C=O) groups excluding carboxylic acids is 1. The summed E-state index contributed by atoms with van der Waals surface area (Å²) >= 11 is 1.71. The average molecular weight is 392 g/mol. The molecule has 1 unspecified atom stereocenters. The first kappa shape index (κ1) is 20.0. The Morgan fingerprint density at radius 1 is 0.929 bits per heavy atom. The third-order valence-electron chi connectivity index (χ3n) is 4.59. The van der Waals surface area contributed by atoms with Crippen LogP contribution in [0, 0.1) is 0 Å². The van der Waals surface area contributed by atoms with E-state index in [0.717, 1.165) is 27.5 Å². The van der Waals surface area contributed by atoms with Gasteiger partial charge < -0.3 is 9.64 Å². The number of rotatable bonds is 8. The van der Waals surface area contributed by atoms with Crippen molar-refractivity contribution in [2.75, 3.05) is 26.1 Å². The SMILES string of the molecule is COc1ccc(SC(CC(=O)c2ccccc2)c2ccc(N(C)C)cc2)cc1. The number of Topliss-reactive ketones (excluding diaryl/α,β-unsaturated/α-hetero) is 1. The lowest BCUT2D eigenvalue weighted by Crippen LogP contribution is -2.09. The highest BCUT2D eigenvalue weighted by Gasteiger charge is 2.19. The molecule has 0 heterocycles. The molecule has 0 N–H and O–H groups in total. The van der Waals surface area contributed by atoms with E-state index in [1.807, 2.05) is 68.7 Å². The van der Waals surface area contributed by atoms with Gasteiger partial charge in [0, 0.05) is 41.9 Å². The van der Waals surface area contributed by atoms with Crippen LogP contribution < -0.4 is 9.64 Å². The fourth-order valence-corrected chi connectivity index (χ4v) is 4.09. The number of ketones is 1. The van der Waals surface area contributed by atoms with Crippen molar-refractivity contribution in [3.63, 3.8) is 0 Å². The van der Waals surface area contributed by atoms with Gasteiger partial charge in [-0.3, -0.25) is 4.79 Å². The van der Waals surface area contributed by atoms with Crippen LogP contribution in [0.25, 0.3) is 0 Å². The van der Waals surface area contributed by atoms with Crippen LogP contribution in [0.4, 0.5) is 5.69 Å². The minimum atomic E-state index is 0.0392. The molecule has 3 nitrogen and oxygen atoms in total. The molecule has 0 aliphatic heterocycles. The molecule has 0 saturated carbocycles. The van der Waals surface area contributed by atoms with Crippen molar-refractivity contribution in [2.45, 2.75) is 16.6 Å². The van der Waals surface area contributed by atoms with Crippen molar-refractivity contribution < 1.29 is 9.53 Å². The number of benzene rings is 3. The van der Waals surface area contributed by atoms with Gasteiger partial charge in [0.15, 0.2) is 5.78 Å². The molecule has 28 heavy (non-hydrogen) atoms. The quantitative estimate of drug-likeness (QED) is 0.355. The average Bonchev–Trinajstić information content (AvgIpc) is 2.74. The topological polar surface area (TPSA) is 29.5 Å². The zero-order chi connectivity index (χ0) is 19.9. The second-order valence-corrected chi connectivity index (χ2v) is 8.04. The Morgan fingerprint density at radius 2 is 1.57 bits per heavy atom. The van der Waals surface area contributed by atoms with E-state index in [2.05, 4.69) is 29.2 Å². The second kappa shape index (κ2) is 9.47. The molecule has 0 aromatic heterocycles. The van der Waals surface area contributed by atoms with Gasteiger partial charge in [-0.05, 0) is 42.0 Å². The summed E-state index contributed by atoms with van der Waals surface area (Å²) in [6.45, 7) is 0. The molecule has 3 aromatic carbocycles. The predicted octanol–water partition coefficient (Wildman–Crippen LogP) is 5.87. The molecule has 0 amide bonds. The summed E-state index contributed by atoms with van der Waals surface area (Å²) in [5, 5.41) is 0.0392. The van der Waals surface area contributed by atoms with E-state index < -0.39 is 0 Å². The van der Waals surface area contributed by atoms with Crippen molar-refractivity contribution in [3.8, 4) is 5.75 Å². The zero-order valence-corrected chi connectivity index (χ0v) is 17.3. The zero-order valence-electron chi connectivity index (χ0n) is 16.5. The molecule has 0 bridgehead atoms. The Bertz CT molecular complexity index is 890. The van der Waals surface area contributed by atoms with Gasteiger partial charge in [-0.15, -0.1) is 11.8 Å². The number of nitrogens with zero attached hydrogens (tertiary/aromatic N) is 1. The molecular weight excluding hydrogens is 366 g/mol. The maximum absolute atomic E-state index is 12.9. The molecule has 0 aliphatic rings. The monoisotopic (exact) mass is 391 g/mol. The maximum Gasteiger partial charge on any atom is 0.164 e. The molecule has 0 aliphatic carbocycles. The van der Waals surface area contributed by atoms with Gasteiger partial charge in [0.05, 0.1) is 7.11 Å². The molecule has 3 aromatic rings. The van der Waals surface area contributed by atoms with E-state index in [1.165, 1.54) is 0 Å². The van der Waals surface area contributed by atoms with Crippen molar-refractivity contribution in [1.82, 2.24) is 0 Å². The van der Waals surface area contributed by atoms with Crippen molar-refractivity contribution >= 4 is 23.2 Å². The number of methoxy groups -OCH3 is 1. The minimum Gasteiger partial charge on any atom is -0.497 e. The van der Waals surface area contributed by atoms with Crippen LogP contribution in [0.5, 0.6) is 5.75 Å². The first-order chi connectivity index (χ1) is 13.6. The normalized spacial score (nSPS) is 11.7. The van der Waals surface area contributed by atoms with Crippen molar-refractivity contribution in [3.05, 3.63) is 90.0 Å². The largest absolute Gasteiger partial charge is 0.497 e. The number of ether oxygens (including phenoxy) is 1. The lowest BCUT2D eigenvalue weighted by molar-refractivity contribution is 0.0982. The van der Waals surface area contributed by atoms with Crippen LogP contribution in [-0.4, -0.2) is 27.0 Å². The van der Waals surface area contributed by atoms with Crippen LogP contribution in [0.1, 0.15) is 27.6 Å². The first-order valence-corrected chi connectivity index (χ1v) is 10.1. The Labute approximate surface area is 171 Å². The van der Waals surface area contributed by atoms with Gasteiger partial charge in [-0.1, -0.05) is 42.5 Å². The number of hydrogen-bond acceptors (Lipinski definition) is 4. The fraction of sp³-hybridized carbons (Fsp3) is 0.208. The maximum atomic E-state index is 12.9. The Hall–Kier alpha value is -2.72. The second-order valence-electron chi connectivity index (χ2n) is 6.76. The Kier molecular flexibility index (Phi) is 6.77. The Morgan fingerprint density at radius 3 is 2.14 bits per heavy atom. The van der Waals surface area contributed by atoms with Gasteiger partial charge in [0.2, 0.25) is 0 Å². The van der Waals surface area contributed by atoms with Crippen LogP contribution in [-0.2, 0) is 0 Å². The molecule has 1 atom stereocenters.